The second kappa shape index (κ2) is 6.91. The molecule has 2 fully saturated rings. The molecule has 18 heavy (non-hydrogen) atoms. The van der Waals surface area contributed by atoms with Crippen LogP contribution in [0.5, 0.6) is 0 Å². The van der Waals surface area contributed by atoms with Crippen molar-refractivity contribution in [1.82, 2.24) is 0 Å². The summed E-state index contributed by atoms with van der Waals surface area (Å²) in [4.78, 5) is 0. The molecule has 106 valence electrons. The molecule has 1 aliphatic carbocycles. The quantitative estimate of drug-likeness (QED) is 0.751. The highest BCUT2D eigenvalue weighted by atomic mass is 16.5. The third kappa shape index (κ3) is 4.24. The van der Waals surface area contributed by atoms with E-state index in [1.807, 2.05) is 0 Å². The van der Waals surface area contributed by atoms with Crippen molar-refractivity contribution in [3.05, 3.63) is 0 Å². The molecule has 2 aliphatic rings. The second-order valence-corrected chi connectivity index (χ2v) is 6.62. The molecule has 1 heterocycles. The molecule has 0 aromatic rings. The van der Waals surface area contributed by atoms with Crippen molar-refractivity contribution in [1.29, 1.82) is 0 Å². The Morgan fingerprint density at radius 2 is 2.00 bits per heavy atom. The third-order valence-corrected chi connectivity index (χ3v) is 5.02. The first-order valence-corrected chi connectivity index (χ1v) is 8.12. The monoisotopic (exact) mass is 253 g/mol. The van der Waals surface area contributed by atoms with Crippen LogP contribution in [0.2, 0.25) is 0 Å². The van der Waals surface area contributed by atoms with Gasteiger partial charge in [0.15, 0.2) is 0 Å². The van der Waals surface area contributed by atoms with E-state index in [2.05, 4.69) is 6.92 Å². The van der Waals surface area contributed by atoms with Gasteiger partial charge in [0.1, 0.15) is 0 Å². The Morgan fingerprint density at radius 3 is 2.72 bits per heavy atom. The van der Waals surface area contributed by atoms with Crippen molar-refractivity contribution in [3.8, 4) is 0 Å². The average molecular weight is 253 g/mol. The Bertz CT molecular complexity index is 237. The molecule has 2 heteroatoms. The van der Waals surface area contributed by atoms with Gasteiger partial charge in [0.25, 0.3) is 0 Å². The molecule has 2 rings (SSSR count). The minimum absolute atomic E-state index is 0.119. The van der Waals surface area contributed by atoms with Crippen LogP contribution in [0.15, 0.2) is 0 Å². The van der Waals surface area contributed by atoms with Crippen molar-refractivity contribution in [3.63, 3.8) is 0 Å². The fourth-order valence-electron chi connectivity index (χ4n) is 3.77. The molecule has 2 nitrogen and oxygen atoms in total. The van der Waals surface area contributed by atoms with E-state index >= 15 is 0 Å². The lowest BCUT2D eigenvalue weighted by atomic mass is 9.85. The molecule has 1 aliphatic heterocycles. The summed E-state index contributed by atoms with van der Waals surface area (Å²) < 4.78 is 5.72. The van der Waals surface area contributed by atoms with Gasteiger partial charge in [-0.1, -0.05) is 32.6 Å². The van der Waals surface area contributed by atoms with E-state index in [1.54, 1.807) is 0 Å². The van der Waals surface area contributed by atoms with Crippen LogP contribution in [-0.2, 0) is 4.74 Å². The number of nitrogens with two attached hydrogens (primary N) is 1. The number of rotatable bonds is 5. The number of ether oxygens (including phenoxy) is 1. The highest BCUT2D eigenvalue weighted by Crippen LogP contribution is 2.34. The van der Waals surface area contributed by atoms with E-state index in [0.717, 1.165) is 12.5 Å². The molecule has 0 aromatic heterocycles. The van der Waals surface area contributed by atoms with Crippen molar-refractivity contribution in [2.24, 2.45) is 11.7 Å². The van der Waals surface area contributed by atoms with Crippen LogP contribution in [0.3, 0.4) is 0 Å². The van der Waals surface area contributed by atoms with Gasteiger partial charge in [-0.2, -0.15) is 0 Å². The van der Waals surface area contributed by atoms with Crippen LogP contribution in [0.25, 0.3) is 0 Å². The molecule has 3 unspecified atom stereocenters. The first-order valence-electron chi connectivity index (χ1n) is 8.12. The first-order chi connectivity index (χ1) is 8.72. The number of hydrogen-bond donors (Lipinski definition) is 1. The van der Waals surface area contributed by atoms with Gasteiger partial charge in [-0.05, 0) is 50.9 Å². The van der Waals surface area contributed by atoms with E-state index in [0.29, 0.717) is 6.10 Å². The standard InChI is InChI=1S/C16H31NO/c1-2-5-14-6-3-10-16(17,11-8-14)12-9-15-7-4-13-18-15/h14-15H,2-13,17H2,1H3. The van der Waals surface area contributed by atoms with Gasteiger partial charge < -0.3 is 10.5 Å². The normalized spacial score (nSPS) is 37.7. The van der Waals surface area contributed by atoms with Crippen LogP contribution >= 0.6 is 0 Å². The zero-order chi connectivity index (χ0) is 12.8. The van der Waals surface area contributed by atoms with Crippen molar-refractivity contribution in [2.75, 3.05) is 6.61 Å². The Labute approximate surface area is 113 Å². The Balaban J connectivity index is 1.75. The minimum atomic E-state index is 0.119. The molecule has 0 bridgehead atoms. The maximum Gasteiger partial charge on any atom is 0.0576 e. The highest BCUT2D eigenvalue weighted by molar-refractivity contribution is 4.88. The molecule has 1 saturated heterocycles. The molecule has 3 atom stereocenters. The van der Waals surface area contributed by atoms with Crippen LogP contribution in [-0.4, -0.2) is 18.2 Å². The van der Waals surface area contributed by atoms with E-state index in [-0.39, 0.29) is 5.54 Å². The van der Waals surface area contributed by atoms with E-state index < -0.39 is 0 Å². The van der Waals surface area contributed by atoms with Gasteiger partial charge >= 0.3 is 0 Å². The molecular weight excluding hydrogens is 222 g/mol. The molecule has 0 spiro atoms. The van der Waals surface area contributed by atoms with Crippen molar-refractivity contribution >= 4 is 0 Å². The zero-order valence-electron chi connectivity index (χ0n) is 12.1. The summed E-state index contributed by atoms with van der Waals surface area (Å²) in [5, 5.41) is 0. The molecule has 0 aromatic carbocycles. The van der Waals surface area contributed by atoms with E-state index in [1.165, 1.54) is 70.6 Å². The van der Waals surface area contributed by atoms with Crippen LogP contribution in [0.1, 0.15) is 77.6 Å². The number of hydrogen-bond acceptors (Lipinski definition) is 2. The predicted molar refractivity (Wildman–Crippen MR) is 76.6 cm³/mol. The average Bonchev–Trinajstić information content (AvgIpc) is 2.81. The van der Waals surface area contributed by atoms with Gasteiger partial charge in [0, 0.05) is 12.1 Å². The summed E-state index contributed by atoms with van der Waals surface area (Å²) in [5.41, 5.74) is 6.76. The Hall–Kier alpha value is -0.0800. The predicted octanol–water partition coefficient (Wildman–Crippen LogP) is 4.02. The summed E-state index contributed by atoms with van der Waals surface area (Å²) in [6, 6.07) is 0. The molecular formula is C16H31NO. The first kappa shape index (κ1) is 14.3. The lowest BCUT2D eigenvalue weighted by molar-refractivity contribution is 0.0944. The Kier molecular flexibility index (Phi) is 5.50. The van der Waals surface area contributed by atoms with Gasteiger partial charge in [-0.3, -0.25) is 0 Å². The SMILES string of the molecule is CCCC1CCCC(N)(CCC2CCCO2)CC1. The minimum Gasteiger partial charge on any atom is -0.378 e. The second-order valence-electron chi connectivity index (χ2n) is 6.62. The zero-order valence-corrected chi connectivity index (χ0v) is 12.1. The topological polar surface area (TPSA) is 35.2 Å². The maximum absolute atomic E-state index is 6.64. The van der Waals surface area contributed by atoms with Gasteiger partial charge in [-0.25, -0.2) is 0 Å². The smallest absolute Gasteiger partial charge is 0.0576 e. The van der Waals surface area contributed by atoms with Gasteiger partial charge in [0.05, 0.1) is 6.10 Å². The molecule has 1 saturated carbocycles. The fourth-order valence-corrected chi connectivity index (χ4v) is 3.77. The molecule has 0 radical (unpaired) electrons. The summed E-state index contributed by atoms with van der Waals surface area (Å²) >= 11 is 0. The Morgan fingerprint density at radius 1 is 1.11 bits per heavy atom. The van der Waals surface area contributed by atoms with Crippen LogP contribution in [0, 0.1) is 5.92 Å². The molecule has 0 amide bonds. The van der Waals surface area contributed by atoms with Gasteiger partial charge in [0.2, 0.25) is 0 Å². The maximum atomic E-state index is 6.64. The van der Waals surface area contributed by atoms with Crippen molar-refractivity contribution in [2.45, 2.75) is 89.2 Å². The summed E-state index contributed by atoms with van der Waals surface area (Å²) in [5.74, 6) is 0.947. The van der Waals surface area contributed by atoms with E-state index in [9.17, 15) is 0 Å². The van der Waals surface area contributed by atoms with Crippen molar-refractivity contribution < 1.29 is 4.74 Å². The van der Waals surface area contributed by atoms with Gasteiger partial charge in [-0.15, -0.1) is 0 Å². The third-order valence-electron chi connectivity index (χ3n) is 5.02. The van der Waals surface area contributed by atoms with Crippen LogP contribution < -0.4 is 5.73 Å². The largest absolute Gasteiger partial charge is 0.378 e. The summed E-state index contributed by atoms with van der Waals surface area (Å²) in [6.07, 6.45) is 14.7. The summed E-state index contributed by atoms with van der Waals surface area (Å²) in [7, 11) is 0. The molecule has 2 N–H and O–H groups in total. The van der Waals surface area contributed by atoms with Crippen LogP contribution in [0.4, 0.5) is 0 Å². The summed E-state index contributed by atoms with van der Waals surface area (Å²) in [6.45, 7) is 3.28. The lowest BCUT2D eigenvalue weighted by Gasteiger charge is -2.29. The highest BCUT2D eigenvalue weighted by Gasteiger charge is 2.30. The van der Waals surface area contributed by atoms with E-state index in [4.69, 9.17) is 10.5 Å². The lowest BCUT2D eigenvalue weighted by Crippen LogP contribution is -2.40. The fraction of sp³-hybridized carbons (Fsp3) is 1.00.